The van der Waals surface area contributed by atoms with Gasteiger partial charge >= 0.3 is 0 Å². The molecule has 0 saturated heterocycles. The van der Waals surface area contributed by atoms with Crippen molar-refractivity contribution in [2.75, 3.05) is 6.17 Å². The summed E-state index contributed by atoms with van der Waals surface area (Å²) in [6, 6.07) is 12.1. The third-order valence-corrected chi connectivity index (χ3v) is 10.5. The predicted molar refractivity (Wildman–Crippen MR) is 111 cm³/mol. The Balaban J connectivity index is 1.83. The van der Waals surface area contributed by atoms with Gasteiger partial charge in [-0.25, -0.2) is 0 Å². The first kappa shape index (κ1) is 17.9. The van der Waals surface area contributed by atoms with Crippen LogP contribution in [0.5, 0.6) is 0 Å². The Labute approximate surface area is 150 Å². The number of nitrogens with one attached hydrogen (secondary N) is 1. The lowest BCUT2D eigenvalue weighted by atomic mass is 9.96. The molecule has 0 aromatic heterocycles. The minimum atomic E-state index is -1.26. The molecule has 0 aliphatic heterocycles. The molecule has 0 amide bonds. The van der Waals surface area contributed by atoms with Gasteiger partial charge in [-0.05, 0) is 25.4 Å². The average molecular weight is 355 g/mol. The van der Waals surface area contributed by atoms with Crippen molar-refractivity contribution in [3.05, 3.63) is 52.9 Å². The highest BCUT2D eigenvalue weighted by Gasteiger charge is 2.30. The molecule has 0 heterocycles. The Bertz CT molecular complexity index is 592. The van der Waals surface area contributed by atoms with Crippen molar-refractivity contribution in [2.45, 2.75) is 64.2 Å². The van der Waals surface area contributed by atoms with Crippen LogP contribution in [0.4, 0.5) is 0 Å². The standard InChI is InChI=1S/C21H32NSi2/c1-24(2,3)21-16-10-15-20(21)23(19-13-8-5-9-14-19)17-22-18-11-6-4-7-12-18/h5,8-10,13-14,16,18,22H,4,6-7,11-12,15,17H2,1-3H3. The maximum atomic E-state index is 3.97. The SMILES string of the molecule is C[Si](C)(C)C1=C([Si](CNC2CCCCC2)c2ccccc2)CC=C1. The van der Waals surface area contributed by atoms with Crippen LogP contribution in [0.3, 0.4) is 0 Å². The first-order valence-corrected chi connectivity index (χ1v) is 14.8. The van der Waals surface area contributed by atoms with Crippen molar-refractivity contribution in [3.63, 3.8) is 0 Å². The topological polar surface area (TPSA) is 12.0 Å². The molecular formula is C21H32NSi2. The Morgan fingerprint density at radius 2 is 1.75 bits per heavy atom. The third kappa shape index (κ3) is 4.38. The largest absolute Gasteiger partial charge is 0.316 e. The molecular weight excluding hydrogens is 322 g/mol. The number of rotatable bonds is 6. The van der Waals surface area contributed by atoms with Gasteiger partial charge < -0.3 is 5.32 Å². The maximum Gasteiger partial charge on any atom is 0.130 e. The van der Waals surface area contributed by atoms with Crippen LogP contribution < -0.4 is 10.5 Å². The molecule has 1 nitrogen and oxygen atoms in total. The highest BCUT2D eigenvalue weighted by molar-refractivity contribution is 6.88. The molecule has 0 bridgehead atoms. The summed E-state index contributed by atoms with van der Waals surface area (Å²) < 4.78 is 0. The highest BCUT2D eigenvalue weighted by atomic mass is 28.3. The molecule has 0 unspecified atom stereocenters. The number of hydrogen-bond acceptors (Lipinski definition) is 1. The molecule has 24 heavy (non-hydrogen) atoms. The average Bonchev–Trinajstić information content (AvgIpc) is 3.07. The van der Waals surface area contributed by atoms with Gasteiger partial charge in [0, 0.05) is 6.04 Å². The van der Waals surface area contributed by atoms with Crippen molar-refractivity contribution >= 4 is 22.1 Å². The zero-order valence-electron chi connectivity index (χ0n) is 15.6. The summed E-state index contributed by atoms with van der Waals surface area (Å²) in [6.07, 6.45) is 14.3. The summed E-state index contributed by atoms with van der Waals surface area (Å²) in [6.45, 7) is 7.49. The van der Waals surface area contributed by atoms with Crippen LogP contribution in [0.2, 0.25) is 19.6 Å². The van der Waals surface area contributed by atoms with Crippen molar-refractivity contribution in [3.8, 4) is 0 Å². The van der Waals surface area contributed by atoms with Gasteiger partial charge in [0.15, 0.2) is 0 Å². The van der Waals surface area contributed by atoms with E-state index >= 15 is 0 Å². The molecule has 129 valence electrons. The summed E-state index contributed by atoms with van der Waals surface area (Å²) in [5.41, 5.74) is 0. The molecule has 2 aliphatic carbocycles. The van der Waals surface area contributed by atoms with Crippen molar-refractivity contribution in [2.24, 2.45) is 0 Å². The van der Waals surface area contributed by atoms with Crippen LogP contribution >= 0.6 is 0 Å². The van der Waals surface area contributed by atoms with E-state index in [1.807, 2.05) is 0 Å². The predicted octanol–water partition coefficient (Wildman–Crippen LogP) is 4.52. The lowest BCUT2D eigenvalue weighted by molar-refractivity contribution is 0.389. The molecule has 1 radical (unpaired) electrons. The monoisotopic (exact) mass is 354 g/mol. The lowest BCUT2D eigenvalue weighted by Crippen LogP contribution is -2.47. The van der Waals surface area contributed by atoms with E-state index in [4.69, 9.17) is 0 Å². The minimum absolute atomic E-state index is 0.689. The Morgan fingerprint density at radius 3 is 2.42 bits per heavy atom. The van der Waals surface area contributed by atoms with Crippen LogP contribution in [0.15, 0.2) is 52.9 Å². The summed E-state index contributed by atoms with van der Waals surface area (Å²) >= 11 is 0. The van der Waals surface area contributed by atoms with Crippen molar-refractivity contribution in [1.29, 1.82) is 0 Å². The molecule has 1 aromatic rings. The molecule has 1 fully saturated rings. The number of hydrogen-bond donors (Lipinski definition) is 1. The number of benzene rings is 1. The van der Waals surface area contributed by atoms with Crippen LogP contribution in [0.1, 0.15) is 38.5 Å². The molecule has 0 atom stereocenters. The summed E-state index contributed by atoms with van der Waals surface area (Å²) in [4.78, 5) is 0. The Morgan fingerprint density at radius 1 is 1.04 bits per heavy atom. The fourth-order valence-electron chi connectivity index (χ4n) is 4.07. The van der Waals surface area contributed by atoms with Crippen LogP contribution in [0.25, 0.3) is 0 Å². The molecule has 3 heteroatoms. The van der Waals surface area contributed by atoms with E-state index in [2.05, 4.69) is 67.4 Å². The smallest absolute Gasteiger partial charge is 0.130 e. The zero-order valence-corrected chi connectivity index (χ0v) is 17.6. The second kappa shape index (κ2) is 7.98. The summed E-state index contributed by atoms with van der Waals surface area (Å²) in [5, 5.41) is 9.06. The van der Waals surface area contributed by atoms with Crippen LogP contribution in [-0.2, 0) is 0 Å². The molecule has 3 rings (SSSR count). The highest BCUT2D eigenvalue weighted by Crippen LogP contribution is 2.29. The summed E-state index contributed by atoms with van der Waals surface area (Å²) in [5.74, 6) is 0. The van der Waals surface area contributed by atoms with Gasteiger partial charge in [-0.1, -0.05) is 97.0 Å². The van der Waals surface area contributed by atoms with E-state index in [0.717, 1.165) is 6.04 Å². The van der Waals surface area contributed by atoms with Crippen molar-refractivity contribution < 1.29 is 0 Å². The van der Waals surface area contributed by atoms with Crippen molar-refractivity contribution in [1.82, 2.24) is 5.32 Å². The van der Waals surface area contributed by atoms with Gasteiger partial charge in [-0.2, -0.15) is 0 Å². The van der Waals surface area contributed by atoms with E-state index in [-0.39, 0.29) is 0 Å². The van der Waals surface area contributed by atoms with E-state index < -0.39 is 16.9 Å². The molecule has 0 spiro atoms. The van der Waals surface area contributed by atoms with Crippen LogP contribution in [-0.4, -0.2) is 29.1 Å². The van der Waals surface area contributed by atoms with Gasteiger partial charge in [0.2, 0.25) is 0 Å². The number of allylic oxidation sites excluding steroid dienone is 4. The van der Waals surface area contributed by atoms with Gasteiger partial charge in [0.1, 0.15) is 8.80 Å². The fourth-order valence-corrected chi connectivity index (χ4v) is 9.90. The van der Waals surface area contributed by atoms with E-state index in [1.54, 1.807) is 15.6 Å². The molecule has 1 N–H and O–H groups in total. The normalized spacial score (nSPS) is 19.5. The Hall–Kier alpha value is -0.906. The summed E-state index contributed by atoms with van der Waals surface area (Å²) in [7, 11) is -1.95. The molecule has 1 aromatic carbocycles. The zero-order chi connectivity index (χ0) is 17.0. The fraction of sp³-hybridized carbons (Fsp3) is 0.524. The van der Waals surface area contributed by atoms with Crippen LogP contribution in [0, 0.1) is 0 Å². The maximum absolute atomic E-state index is 3.97. The molecule has 2 aliphatic rings. The van der Waals surface area contributed by atoms with E-state index in [1.165, 1.54) is 44.7 Å². The Kier molecular flexibility index (Phi) is 5.95. The second-order valence-electron chi connectivity index (χ2n) is 8.31. The quantitative estimate of drug-likeness (QED) is 0.741. The first-order chi connectivity index (χ1) is 11.6. The third-order valence-electron chi connectivity index (χ3n) is 5.40. The minimum Gasteiger partial charge on any atom is -0.316 e. The second-order valence-corrected chi connectivity index (χ2v) is 15.8. The molecule has 1 saturated carbocycles. The van der Waals surface area contributed by atoms with E-state index in [0.29, 0.717) is 0 Å². The first-order valence-electron chi connectivity index (χ1n) is 9.61. The van der Waals surface area contributed by atoms with Gasteiger partial charge in [0.05, 0.1) is 8.07 Å². The lowest BCUT2D eigenvalue weighted by Gasteiger charge is -2.28. The van der Waals surface area contributed by atoms with Gasteiger partial charge in [0.25, 0.3) is 0 Å². The van der Waals surface area contributed by atoms with E-state index in [9.17, 15) is 0 Å². The van der Waals surface area contributed by atoms with Gasteiger partial charge in [-0.15, -0.1) is 0 Å². The van der Waals surface area contributed by atoms with Gasteiger partial charge in [-0.3, -0.25) is 0 Å².